The first-order valence-corrected chi connectivity index (χ1v) is 11.3. The molecule has 0 aliphatic rings. The van der Waals surface area contributed by atoms with Gasteiger partial charge in [-0.15, -0.1) is 0 Å². The van der Waals surface area contributed by atoms with Crippen LogP contribution in [0.15, 0.2) is 46.6 Å². The van der Waals surface area contributed by atoms with Gasteiger partial charge in [0.25, 0.3) is 0 Å². The van der Waals surface area contributed by atoms with Crippen molar-refractivity contribution in [2.24, 2.45) is 10.2 Å². The maximum atomic E-state index is 4.25. The Balaban J connectivity index is 0.000000523. The largest absolute Gasteiger partial charge is 0.520 e. The van der Waals surface area contributed by atoms with Gasteiger partial charge in [0.15, 0.2) is 33.1 Å². The number of aryl methyl sites for hydroxylation is 2. The molecule has 2 aromatic rings. The fourth-order valence-corrected chi connectivity index (χ4v) is 1.99. The molecular formula is C18H22CuN6S4. The van der Waals surface area contributed by atoms with Gasteiger partial charge in [-0.05, 0) is 50.6 Å². The van der Waals surface area contributed by atoms with Gasteiger partial charge in [0, 0.05) is 40.9 Å². The second kappa shape index (κ2) is 16.4. The van der Waals surface area contributed by atoms with Crippen molar-refractivity contribution in [3.8, 4) is 0 Å². The zero-order valence-electron chi connectivity index (χ0n) is 16.3. The van der Waals surface area contributed by atoms with Crippen LogP contribution in [-0.4, -0.2) is 43.5 Å². The zero-order chi connectivity index (χ0) is 20.8. The van der Waals surface area contributed by atoms with Gasteiger partial charge in [-0.25, -0.2) is 0 Å². The van der Waals surface area contributed by atoms with Crippen LogP contribution in [0.1, 0.15) is 22.8 Å². The number of thioether (sulfide) groups is 2. The van der Waals surface area contributed by atoms with Crippen molar-refractivity contribution >= 4 is 69.0 Å². The minimum atomic E-state index is 0. The second-order valence-electron chi connectivity index (χ2n) is 5.07. The van der Waals surface area contributed by atoms with Crippen LogP contribution in [0.3, 0.4) is 0 Å². The smallest absolute Gasteiger partial charge is 0.174 e. The van der Waals surface area contributed by atoms with E-state index in [2.05, 4.69) is 55.5 Å². The van der Waals surface area contributed by atoms with Crippen LogP contribution >= 0.6 is 23.5 Å². The van der Waals surface area contributed by atoms with Crippen LogP contribution in [0.25, 0.3) is 10.9 Å². The zero-order valence-corrected chi connectivity index (χ0v) is 20.7. The summed E-state index contributed by atoms with van der Waals surface area (Å²) in [6.45, 7) is 3.87. The standard InChI is InChI=1S/2C9H11N3S2.Cu/c2*1-7-4-3-5-8(11-7)6-10-12-9(13)14-2;/h2*3-6H,1-2H3,(H,11,12,13);. The number of rotatable bonds is 4. The van der Waals surface area contributed by atoms with Crippen molar-refractivity contribution in [3.05, 3.63) is 70.0 Å². The van der Waals surface area contributed by atoms with E-state index in [1.807, 2.05) is 62.8 Å². The van der Waals surface area contributed by atoms with Crippen LogP contribution in [0.4, 0.5) is 0 Å². The van der Waals surface area contributed by atoms with Crippen molar-refractivity contribution in [2.45, 2.75) is 13.8 Å². The molecule has 0 saturated heterocycles. The molecule has 29 heavy (non-hydrogen) atoms. The molecule has 0 aromatic carbocycles. The molecule has 0 spiro atoms. The molecule has 0 bridgehead atoms. The SMILES string of the molecule is CSC(=[SH+])[N-]/N=C/c1cccc(C)n1.CSC(=[SH+])[N-]/N=C/c1cccc(C)n1.[Cu]. The van der Waals surface area contributed by atoms with Gasteiger partial charge in [-0.3, -0.25) is 9.97 Å². The van der Waals surface area contributed by atoms with E-state index >= 15 is 0 Å². The minimum Gasteiger partial charge on any atom is -0.520 e. The van der Waals surface area contributed by atoms with Gasteiger partial charge in [-0.2, -0.15) is 0 Å². The monoisotopic (exact) mass is 513 g/mol. The van der Waals surface area contributed by atoms with Gasteiger partial charge in [0.05, 0.1) is 11.4 Å². The number of aromatic nitrogens is 2. The van der Waals surface area contributed by atoms with E-state index in [1.54, 1.807) is 12.4 Å². The third-order valence-electron chi connectivity index (χ3n) is 2.85. The molecule has 159 valence electrons. The Morgan fingerprint density at radius 1 is 0.828 bits per heavy atom. The molecule has 11 heteroatoms. The van der Waals surface area contributed by atoms with Gasteiger partial charge >= 0.3 is 0 Å². The Morgan fingerprint density at radius 3 is 1.52 bits per heavy atom. The normalized spacial score (nSPS) is 10.1. The molecule has 2 aromatic heterocycles. The molecule has 0 atom stereocenters. The average molecular weight is 514 g/mol. The Morgan fingerprint density at radius 2 is 1.21 bits per heavy atom. The molecule has 0 fully saturated rings. The number of nitrogens with zero attached hydrogens (tertiary/aromatic N) is 6. The number of thiol groups is 2. The first kappa shape index (κ1) is 27.6. The number of pyridine rings is 2. The average Bonchev–Trinajstić information content (AvgIpc) is 2.68. The number of hydrogen-bond donors (Lipinski definition) is 0. The van der Waals surface area contributed by atoms with E-state index in [1.165, 1.54) is 23.5 Å². The number of hydrogen-bond acceptors (Lipinski definition) is 6. The topological polar surface area (TPSA) is 78.7 Å². The van der Waals surface area contributed by atoms with Gasteiger partial charge in [0.2, 0.25) is 0 Å². The first-order chi connectivity index (χ1) is 13.4. The molecule has 1 radical (unpaired) electrons. The summed E-state index contributed by atoms with van der Waals surface area (Å²) >= 11 is 11.0. The van der Waals surface area contributed by atoms with Crippen molar-refractivity contribution in [1.29, 1.82) is 0 Å². The van der Waals surface area contributed by atoms with Crippen LogP contribution in [0.5, 0.6) is 0 Å². The summed E-state index contributed by atoms with van der Waals surface area (Å²) in [7, 11) is 0. The summed E-state index contributed by atoms with van der Waals surface area (Å²) in [6.07, 6.45) is 7.01. The summed E-state index contributed by atoms with van der Waals surface area (Å²) < 4.78 is 1.27. The van der Waals surface area contributed by atoms with E-state index in [0.29, 0.717) is 8.64 Å². The predicted octanol–water partition coefficient (Wildman–Crippen LogP) is 3.65. The van der Waals surface area contributed by atoms with Crippen molar-refractivity contribution < 1.29 is 17.1 Å². The summed E-state index contributed by atoms with van der Waals surface area (Å²) in [6, 6.07) is 11.5. The van der Waals surface area contributed by atoms with E-state index in [0.717, 1.165) is 22.8 Å². The fourth-order valence-electron chi connectivity index (χ4n) is 1.63. The minimum absolute atomic E-state index is 0. The summed E-state index contributed by atoms with van der Waals surface area (Å²) in [5.41, 5.74) is 11.2. The predicted molar refractivity (Wildman–Crippen MR) is 134 cm³/mol. The van der Waals surface area contributed by atoms with Crippen LogP contribution in [-0.2, 0) is 41.5 Å². The Bertz CT molecular complexity index is 775. The molecule has 0 N–H and O–H groups in total. The maximum absolute atomic E-state index is 4.25. The molecule has 0 aliphatic carbocycles. The van der Waals surface area contributed by atoms with Crippen molar-refractivity contribution in [2.75, 3.05) is 12.5 Å². The molecule has 0 saturated carbocycles. The van der Waals surface area contributed by atoms with Crippen LogP contribution in [0, 0.1) is 13.8 Å². The van der Waals surface area contributed by atoms with E-state index in [-0.39, 0.29) is 17.1 Å². The summed E-state index contributed by atoms with van der Waals surface area (Å²) in [5.74, 6) is 0. The van der Waals surface area contributed by atoms with Gasteiger partial charge in [-0.1, -0.05) is 35.7 Å². The first-order valence-electron chi connectivity index (χ1n) is 8.00. The molecule has 2 rings (SSSR count). The summed E-state index contributed by atoms with van der Waals surface area (Å²) in [4.78, 5) is 8.49. The van der Waals surface area contributed by atoms with E-state index in [4.69, 9.17) is 0 Å². The quantitative estimate of drug-likeness (QED) is 0.156. The van der Waals surface area contributed by atoms with Crippen molar-refractivity contribution in [1.82, 2.24) is 9.97 Å². The Kier molecular flexibility index (Phi) is 15.7. The molecular weight excluding hydrogens is 492 g/mol. The summed E-state index contributed by atoms with van der Waals surface area (Å²) in [5, 5.41) is 7.71. The Hall–Kier alpha value is -1.36. The van der Waals surface area contributed by atoms with Crippen molar-refractivity contribution in [3.63, 3.8) is 0 Å². The van der Waals surface area contributed by atoms with E-state index < -0.39 is 0 Å². The van der Waals surface area contributed by atoms with Gasteiger partial charge in [0.1, 0.15) is 0 Å². The second-order valence-corrected chi connectivity index (χ2v) is 8.11. The third-order valence-corrected chi connectivity index (χ3v) is 5.02. The van der Waals surface area contributed by atoms with Crippen LogP contribution < -0.4 is 0 Å². The third kappa shape index (κ3) is 13.5. The van der Waals surface area contributed by atoms with E-state index in [9.17, 15) is 0 Å². The fraction of sp³-hybridized carbons (Fsp3) is 0.222. The molecule has 0 unspecified atom stereocenters. The van der Waals surface area contributed by atoms with Crippen LogP contribution in [0.2, 0.25) is 0 Å². The maximum Gasteiger partial charge on any atom is 0.174 e. The van der Waals surface area contributed by atoms with Gasteiger partial charge < -0.3 is 21.1 Å². The molecule has 0 aliphatic heterocycles. The Labute approximate surface area is 201 Å². The molecule has 2 heterocycles. The molecule has 6 nitrogen and oxygen atoms in total. The molecule has 0 amide bonds.